The van der Waals surface area contributed by atoms with Crippen LogP contribution in [0.25, 0.3) is 11.1 Å². The number of carbonyl (C=O) groups is 1. The van der Waals surface area contributed by atoms with Gasteiger partial charge in [-0.15, -0.1) is 10.2 Å². The van der Waals surface area contributed by atoms with Gasteiger partial charge in [0.1, 0.15) is 17.5 Å². The molecule has 1 aliphatic heterocycles. The predicted octanol–water partition coefficient (Wildman–Crippen LogP) is 4.91. The standard InChI is InChI=1S/C34H34F3N13O/c1-47-20-25(19-42-47)23-7-12-28(39-17-23)50(33(51)41-16-22-5-3-2-4-6-22)27-10-8-26(9-11-27)43-32-40-18-24(15-38)30(44-32)48-13-14-49-29(21-48)45-46-31(49)34(35,36)37/h2-7,12,17-20,26-27H,8-11,13-14,16,21H2,1H3,(H,41,51)(H,40,43,44)/t26-,27-. The fourth-order valence-electron chi connectivity index (χ4n) is 6.56. The first kappa shape index (κ1) is 33.4. The summed E-state index contributed by atoms with van der Waals surface area (Å²) in [5.41, 5.74) is 3.00. The molecule has 5 aromatic rings. The van der Waals surface area contributed by atoms with Crippen LogP contribution in [0.15, 0.2) is 67.3 Å². The molecule has 14 nitrogen and oxygen atoms in total. The summed E-state index contributed by atoms with van der Waals surface area (Å²) in [5.74, 6) is 0.268. The third kappa shape index (κ3) is 7.30. The summed E-state index contributed by atoms with van der Waals surface area (Å²) in [6.07, 6.45) is 4.98. The molecule has 0 unspecified atom stereocenters. The Bertz CT molecular complexity index is 2030. The van der Waals surface area contributed by atoms with Gasteiger partial charge in [-0.05, 0) is 43.4 Å². The third-order valence-electron chi connectivity index (χ3n) is 9.13. The van der Waals surface area contributed by atoms with Crippen LogP contribution < -0.4 is 20.4 Å². The number of fused-ring (bicyclic) bond motifs is 1. The summed E-state index contributed by atoms with van der Waals surface area (Å²) in [6, 6.07) is 15.2. The zero-order valence-corrected chi connectivity index (χ0v) is 27.6. The van der Waals surface area contributed by atoms with E-state index in [9.17, 15) is 23.2 Å². The van der Waals surface area contributed by atoms with E-state index in [0.29, 0.717) is 49.8 Å². The fraction of sp³-hybridized carbons (Fsp3) is 0.353. The molecule has 1 fully saturated rings. The Kier molecular flexibility index (Phi) is 9.22. The number of nitriles is 1. The molecule has 4 aromatic heterocycles. The van der Waals surface area contributed by atoms with Crippen LogP contribution in [-0.2, 0) is 32.9 Å². The van der Waals surface area contributed by atoms with E-state index in [2.05, 4.69) is 42.0 Å². The molecule has 2 aliphatic rings. The van der Waals surface area contributed by atoms with Crippen molar-refractivity contribution in [2.24, 2.45) is 7.05 Å². The topological polar surface area (TPSA) is 159 Å². The Morgan fingerprint density at radius 2 is 1.80 bits per heavy atom. The largest absolute Gasteiger partial charge is 0.451 e. The Hall–Kier alpha value is -6.05. The van der Waals surface area contributed by atoms with Crippen molar-refractivity contribution in [2.75, 3.05) is 21.7 Å². The van der Waals surface area contributed by atoms with E-state index >= 15 is 0 Å². The van der Waals surface area contributed by atoms with Crippen molar-refractivity contribution in [3.05, 3.63) is 90.0 Å². The van der Waals surface area contributed by atoms with Crippen LogP contribution in [-0.4, -0.2) is 64.2 Å². The van der Waals surface area contributed by atoms with Gasteiger partial charge in [-0.2, -0.15) is 28.5 Å². The average Bonchev–Trinajstić information content (AvgIpc) is 3.78. The highest BCUT2D eigenvalue weighted by Gasteiger charge is 2.40. The first-order valence-electron chi connectivity index (χ1n) is 16.5. The second-order valence-corrected chi connectivity index (χ2v) is 12.5. The normalized spacial score (nSPS) is 17.4. The van der Waals surface area contributed by atoms with Gasteiger partial charge < -0.3 is 20.1 Å². The molecule has 5 heterocycles. The summed E-state index contributed by atoms with van der Waals surface area (Å²) < 4.78 is 42.8. The summed E-state index contributed by atoms with van der Waals surface area (Å²) in [6.45, 7) is 0.565. The highest BCUT2D eigenvalue weighted by molar-refractivity contribution is 5.91. The van der Waals surface area contributed by atoms with E-state index in [-0.39, 0.29) is 49.1 Å². The number of nitrogens with one attached hydrogen (secondary N) is 2. The highest BCUT2D eigenvalue weighted by atomic mass is 19.4. The van der Waals surface area contributed by atoms with Crippen molar-refractivity contribution in [1.82, 2.24) is 44.8 Å². The molecule has 262 valence electrons. The minimum Gasteiger partial charge on any atom is -0.351 e. The minimum atomic E-state index is -4.61. The molecule has 0 saturated heterocycles. The second kappa shape index (κ2) is 14.1. The summed E-state index contributed by atoms with van der Waals surface area (Å²) >= 11 is 0. The number of hydrogen-bond donors (Lipinski definition) is 2. The molecular formula is C34H34F3N13O. The zero-order valence-electron chi connectivity index (χ0n) is 27.6. The van der Waals surface area contributed by atoms with E-state index in [0.717, 1.165) is 21.3 Å². The van der Waals surface area contributed by atoms with Crippen molar-refractivity contribution in [1.29, 1.82) is 5.26 Å². The first-order valence-corrected chi connectivity index (χ1v) is 16.5. The molecule has 1 aromatic carbocycles. The number of nitrogens with zero attached hydrogens (tertiary/aromatic N) is 11. The monoisotopic (exact) mass is 697 g/mol. The van der Waals surface area contributed by atoms with Crippen LogP contribution in [0.4, 0.5) is 35.5 Å². The Balaban J connectivity index is 1.04. The summed E-state index contributed by atoms with van der Waals surface area (Å²) in [7, 11) is 1.85. The van der Waals surface area contributed by atoms with Gasteiger partial charge in [0.2, 0.25) is 11.8 Å². The van der Waals surface area contributed by atoms with Crippen molar-refractivity contribution in [3.8, 4) is 17.2 Å². The van der Waals surface area contributed by atoms with Crippen molar-refractivity contribution in [3.63, 3.8) is 0 Å². The van der Waals surface area contributed by atoms with Gasteiger partial charge in [0.05, 0.1) is 18.9 Å². The lowest BCUT2D eigenvalue weighted by atomic mass is 9.90. The van der Waals surface area contributed by atoms with Crippen LogP contribution >= 0.6 is 0 Å². The lowest BCUT2D eigenvalue weighted by Crippen LogP contribution is -2.49. The SMILES string of the molecule is Cn1cc(-c2ccc(N(C(=O)NCc3ccccc3)[C@H]3CC[C@H](Nc4ncc(C#N)c(N5CCn6c(nnc6C(F)(F)F)C5)n4)CC3)nc2)cn1. The number of anilines is 3. The number of hydrogen-bond acceptors (Lipinski definition) is 10. The average molecular weight is 698 g/mol. The number of halogens is 3. The quantitative estimate of drug-likeness (QED) is 0.228. The second-order valence-electron chi connectivity index (χ2n) is 12.5. The lowest BCUT2D eigenvalue weighted by molar-refractivity contribution is -0.147. The number of rotatable bonds is 8. The van der Waals surface area contributed by atoms with E-state index in [1.165, 1.54) is 6.20 Å². The van der Waals surface area contributed by atoms with E-state index in [1.54, 1.807) is 26.9 Å². The van der Waals surface area contributed by atoms with Gasteiger partial charge in [0, 0.05) is 62.3 Å². The smallest absolute Gasteiger partial charge is 0.351 e. The summed E-state index contributed by atoms with van der Waals surface area (Å²) in [4.78, 5) is 30.9. The molecule has 1 aliphatic carbocycles. The molecular weight excluding hydrogens is 663 g/mol. The van der Waals surface area contributed by atoms with Gasteiger partial charge in [0.25, 0.3) is 0 Å². The van der Waals surface area contributed by atoms with E-state index in [1.807, 2.05) is 55.7 Å². The number of carbonyl (C=O) groups excluding carboxylic acids is 1. The molecule has 0 bridgehead atoms. The molecule has 0 atom stereocenters. The maximum atomic E-state index is 13.8. The van der Waals surface area contributed by atoms with Crippen LogP contribution in [0.1, 0.15) is 48.5 Å². The zero-order chi connectivity index (χ0) is 35.5. The fourth-order valence-corrected chi connectivity index (χ4v) is 6.56. The molecule has 7 rings (SSSR count). The van der Waals surface area contributed by atoms with Gasteiger partial charge in [0.15, 0.2) is 11.6 Å². The van der Waals surface area contributed by atoms with Crippen LogP contribution in [0.2, 0.25) is 0 Å². The number of benzene rings is 1. The van der Waals surface area contributed by atoms with Gasteiger partial charge in [-0.3, -0.25) is 9.58 Å². The van der Waals surface area contributed by atoms with Crippen LogP contribution in [0.5, 0.6) is 0 Å². The van der Waals surface area contributed by atoms with Crippen molar-refractivity contribution < 1.29 is 18.0 Å². The molecule has 2 N–H and O–H groups in total. The Morgan fingerprint density at radius 1 is 1.00 bits per heavy atom. The van der Waals surface area contributed by atoms with Crippen LogP contribution in [0.3, 0.4) is 0 Å². The Morgan fingerprint density at radius 3 is 2.49 bits per heavy atom. The first-order chi connectivity index (χ1) is 24.7. The van der Waals surface area contributed by atoms with Crippen molar-refractivity contribution in [2.45, 2.75) is 63.6 Å². The summed E-state index contributed by atoms with van der Waals surface area (Å²) in [5, 5.41) is 27.5. The van der Waals surface area contributed by atoms with Crippen molar-refractivity contribution >= 4 is 23.6 Å². The number of aromatic nitrogens is 8. The molecule has 17 heteroatoms. The Labute approximate surface area is 291 Å². The number of pyridine rings is 1. The number of alkyl halides is 3. The van der Waals surface area contributed by atoms with Gasteiger partial charge in [-0.1, -0.05) is 30.3 Å². The minimum absolute atomic E-state index is 0.00467. The predicted molar refractivity (Wildman–Crippen MR) is 180 cm³/mol. The van der Waals surface area contributed by atoms with Gasteiger partial charge in [-0.25, -0.2) is 14.8 Å². The lowest BCUT2D eigenvalue weighted by Gasteiger charge is -2.36. The number of amides is 2. The molecule has 0 spiro atoms. The van der Waals surface area contributed by atoms with Crippen LogP contribution in [0, 0.1) is 11.3 Å². The van der Waals surface area contributed by atoms with E-state index in [4.69, 9.17) is 4.98 Å². The third-order valence-corrected chi connectivity index (χ3v) is 9.13. The molecule has 1 saturated carbocycles. The number of urea groups is 1. The van der Waals surface area contributed by atoms with E-state index < -0.39 is 12.0 Å². The maximum absolute atomic E-state index is 13.8. The molecule has 2 amide bonds. The maximum Gasteiger partial charge on any atom is 0.451 e. The van der Waals surface area contributed by atoms with Gasteiger partial charge >= 0.3 is 12.2 Å². The molecule has 51 heavy (non-hydrogen) atoms. The highest BCUT2D eigenvalue weighted by Crippen LogP contribution is 2.32. The molecule has 0 radical (unpaired) electrons. The number of aryl methyl sites for hydroxylation is 1.